The van der Waals surface area contributed by atoms with Crippen molar-refractivity contribution in [1.29, 1.82) is 0 Å². The zero-order valence-corrected chi connectivity index (χ0v) is 11.7. The molecule has 1 aromatic carbocycles. The van der Waals surface area contributed by atoms with Crippen molar-refractivity contribution in [2.45, 2.75) is 19.6 Å². The molecule has 0 atom stereocenters. The first-order valence-corrected chi connectivity index (χ1v) is 6.33. The standard InChI is InChI=1S/C12H8BrF5N2/c1-2-20-5-6(11(19-20)12(16,17)18)9-7(13)3-4-8(14)10(9)15/h3-5H,2H2,1H3. The van der Waals surface area contributed by atoms with Crippen LogP contribution in [0.5, 0.6) is 0 Å². The van der Waals surface area contributed by atoms with Crippen molar-refractivity contribution in [3.05, 3.63) is 40.1 Å². The number of nitrogens with zero attached hydrogens (tertiary/aromatic N) is 2. The molecule has 0 unspecified atom stereocenters. The van der Waals surface area contributed by atoms with Gasteiger partial charge in [-0.3, -0.25) is 4.68 Å². The summed E-state index contributed by atoms with van der Waals surface area (Å²) in [5.41, 5.74) is -2.23. The zero-order valence-electron chi connectivity index (χ0n) is 10.1. The molecule has 2 nitrogen and oxygen atoms in total. The lowest BCUT2D eigenvalue weighted by molar-refractivity contribution is -0.141. The van der Waals surface area contributed by atoms with Crippen molar-refractivity contribution < 1.29 is 22.0 Å². The van der Waals surface area contributed by atoms with Gasteiger partial charge < -0.3 is 0 Å². The Morgan fingerprint density at radius 3 is 2.45 bits per heavy atom. The molecule has 0 fully saturated rings. The molecular weight excluding hydrogens is 347 g/mol. The van der Waals surface area contributed by atoms with Crippen molar-refractivity contribution in [3.63, 3.8) is 0 Å². The van der Waals surface area contributed by atoms with Crippen LogP contribution >= 0.6 is 15.9 Å². The van der Waals surface area contributed by atoms with E-state index in [1.54, 1.807) is 6.92 Å². The van der Waals surface area contributed by atoms with Gasteiger partial charge in [0.05, 0.1) is 0 Å². The number of aromatic nitrogens is 2. The summed E-state index contributed by atoms with van der Waals surface area (Å²) in [5.74, 6) is -2.57. The number of rotatable bonds is 2. The fourth-order valence-electron chi connectivity index (χ4n) is 1.75. The normalized spacial score (nSPS) is 11.9. The molecule has 0 aliphatic rings. The van der Waals surface area contributed by atoms with Crippen molar-refractivity contribution in [2.24, 2.45) is 0 Å². The molecule has 0 saturated heterocycles. The Morgan fingerprint density at radius 1 is 1.25 bits per heavy atom. The lowest BCUT2D eigenvalue weighted by Gasteiger charge is -2.09. The Hall–Kier alpha value is -1.44. The van der Waals surface area contributed by atoms with E-state index < -0.39 is 34.6 Å². The SMILES string of the molecule is CCn1cc(-c2c(Br)ccc(F)c2F)c(C(F)(F)F)n1. The summed E-state index contributed by atoms with van der Waals surface area (Å²) in [5, 5.41) is 3.37. The van der Waals surface area contributed by atoms with E-state index in [9.17, 15) is 22.0 Å². The second-order valence-electron chi connectivity index (χ2n) is 3.96. The van der Waals surface area contributed by atoms with E-state index in [1.807, 2.05) is 0 Å². The minimum absolute atomic E-state index is 0.0255. The smallest absolute Gasteiger partial charge is 0.272 e. The molecule has 20 heavy (non-hydrogen) atoms. The number of halogens is 6. The molecule has 8 heteroatoms. The number of hydrogen-bond donors (Lipinski definition) is 0. The van der Waals surface area contributed by atoms with Crippen LogP contribution in [0.4, 0.5) is 22.0 Å². The molecule has 0 amide bonds. The van der Waals surface area contributed by atoms with Crippen LogP contribution in [0, 0.1) is 11.6 Å². The van der Waals surface area contributed by atoms with Gasteiger partial charge in [-0.05, 0) is 19.1 Å². The second kappa shape index (κ2) is 5.16. The van der Waals surface area contributed by atoms with E-state index in [-0.39, 0.29) is 11.0 Å². The molecular formula is C12H8BrF5N2. The van der Waals surface area contributed by atoms with E-state index in [0.29, 0.717) is 0 Å². The molecule has 0 aliphatic heterocycles. The summed E-state index contributed by atoms with van der Waals surface area (Å²) in [6, 6.07) is 1.98. The van der Waals surface area contributed by atoms with E-state index >= 15 is 0 Å². The minimum Gasteiger partial charge on any atom is -0.272 e. The van der Waals surface area contributed by atoms with Gasteiger partial charge in [-0.2, -0.15) is 18.3 Å². The van der Waals surface area contributed by atoms with Crippen LogP contribution in [0.1, 0.15) is 12.6 Å². The van der Waals surface area contributed by atoms with Gasteiger partial charge in [0.1, 0.15) is 0 Å². The first-order valence-electron chi connectivity index (χ1n) is 5.54. The largest absolute Gasteiger partial charge is 0.435 e. The summed E-state index contributed by atoms with van der Waals surface area (Å²) in [6.45, 7) is 1.77. The fourth-order valence-corrected chi connectivity index (χ4v) is 2.27. The third-order valence-electron chi connectivity index (χ3n) is 2.67. The molecule has 0 bridgehead atoms. The minimum atomic E-state index is -4.76. The number of aryl methyl sites for hydroxylation is 1. The van der Waals surface area contributed by atoms with E-state index in [4.69, 9.17) is 0 Å². The topological polar surface area (TPSA) is 17.8 Å². The van der Waals surface area contributed by atoms with Gasteiger partial charge in [-0.1, -0.05) is 15.9 Å². The zero-order chi connectivity index (χ0) is 15.1. The highest BCUT2D eigenvalue weighted by Crippen LogP contribution is 2.40. The van der Waals surface area contributed by atoms with Crippen LogP contribution in [0.25, 0.3) is 11.1 Å². The molecule has 108 valence electrons. The lowest BCUT2D eigenvalue weighted by Crippen LogP contribution is -2.09. The summed E-state index contributed by atoms with van der Waals surface area (Å²) in [4.78, 5) is 0. The molecule has 1 aromatic heterocycles. The predicted molar refractivity (Wildman–Crippen MR) is 66.0 cm³/mol. The lowest BCUT2D eigenvalue weighted by atomic mass is 10.1. The molecule has 2 rings (SSSR count). The van der Waals surface area contributed by atoms with Gasteiger partial charge in [0.15, 0.2) is 17.3 Å². The predicted octanol–water partition coefficient (Wildman–Crippen LogP) is 4.63. The van der Waals surface area contributed by atoms with Crippen molar-refractivity contribution in [2.75, 3.05) is 0 Å². The number of hydrogen-bond acceptors (Lipinski definition) is 1. The molecule has 1 heterocycles. The monoisotopic (exact) mass is 354 g/mol. The van der Waals surface area contributed by atoms with E-state index in [0.717, 1.165) is 23.0 Å². The third-order valence-corrected chi connectivity index (χ3v) is 3.33. The van der Waals surface area contributed by atoms with Gasteiger partial charge in [-0.25, -0.2) is 8.78 Å². The summed E-state index contributed by atoms with van der Waals surface area (Å²) in [7, 11) is 0. The average molecular weight is 355 g/mol. The van der Waals surface area contributed by atoms with E-state index in [2.05, 4.69) is 21.0 Å². The van der Waals surface area contributed by atoms with Gasteiger partial charge in [-0.15, -0.1) is 0 Å². The van der Waals surface area contributed by atoms with Crippen LogP contribution in [0.2, 0.25) is 0 Å². The summed E-state index contributed by atoms with van der Waals surface area (Å²) < 4.78 is 66.9. The highest BCUT2D eigenvalue weighted by molar-refractivity contribution is 9.10. The molecule has 2 aromatic rings. The van der Waals surface area contributed by atoms with Crippen LogP contribution in [-0.4, -0.2) is 9.78 Å². The van der Waals surface area contributed by atoms with Crippen LogP contribution in [0.3, 0.4) is 0 Å². The Bertz CT molecular complexity index is 648. The molecule has 0 saturated carbocycles. The first kappa shape index (κ1) is 15.0. The van der Waals surface area contributed by atoms with Gasteiger partial charge >= 0.3 is 6.18 Å². The first-order chi connectivity index (χ1) is 9.25. The van der Waals surface area contributed by atoms with Gasteiger partial charge in [0.25, 0.3) is 0 Å². The quantitative estimate of drug-likeness (QED) is 0.567. The van der Waals surface area contributed by atoms with E-state index in [1.165, 1.54) is 0 Å². The van der Waals surface area contributed by atoms with Crippen molar-refractivity contribution in [3.8, 4) is 11.1 Å². The highest BCUT2D eigenvalue weighted by atomic mass is 79.9. The maximum absolute atomic E-state index is 13.8. The summed E-state index contributed by atoms with van der Waals surface area (Å²) in [6.07, 6.45) is -3.71. The van der Waals surface area contributed by atoms with Crippen LogP contribution < -0.4 is 0 Å². The average Bonchev–Trinajstić information content (AvgIpc) is 2.78. The van der Waals surface area contributed by atoms with Crippen molar-refractivity contribution in [1.82, 2.24) is 9.78 Å². The number of benzene rings is 1. The van der Waals surface area contributed by atoms with Crippen LogP contribution in [-0.2, 0) is 12.7 Å². The Balaban J connectivity index is 2.76. The fraction of sp³-hybridized carbons (Fsp3) is 0.250. The highest BCUT2D eigenvalue weighted by Gasteiger charge is 2.38. The van der Waals surface area contributed by atoms with Gasteiger partial charge in [0.2, 0.25) is 0 Å². The molecule has 0 radical (unpaired) electrons. The maximum atomic E-state index is 13.8. The molecule has 0 spiro atoms. The van der Waals surface area contributed by atoms with Gasteiger partial charge in [0, 0.05) is 28.3 Å². The Morgan fingerprint density at radius 2 is 1.90 bits per heavy atom. The third kappa shape index (κ3) is 2.56. The number of alkyl halides is 3. The summed E-state index contributed by atoms with van der Waals surface area (Å²) >= 11 is 2.94. The second-order valence-corrected chi connectivity index (χ2v) is 4.82. The maximum Gasteiger partial charge on any atom is 0.435 e. The van der Waals surface area contributed by atoms with Crippen LogP contribution in [0.15, 0.2) is 22.8 Å². The molecule has 0 N–H and O–H groups in total. The Kier molecular flexibility index (Phi) is 3.86. The molecule has 0 aliphatic carbocycles. The van der Waals surface area contributed by atoms with Crippen molar-refractivity contribution >= 4 is 15.9 Å². The Labute approximate surface area is 119 Å².